The van der Waals surface area contributed by atoms with Crippen molar-refractivity contribution < 1.29 is 9.47 Å². The number of benzene rings is 5. The number of likely N-dealkylation sites (N-methyl/N-ethyl adjacent to an activating group) is 1. The molecule has 0 saturated carbocycles. The molecular formula is C36H27NO2. The van der Waals surface area contributed by atoms with Crippen molar-refractivity contribution >= 4 is 5.69 Å². The molecule has 188 valence electrons. The van der Waals surface area contributed by atoms with Gasteiger partial charge in [0.2, 0.25) is 0 Å². The van der Waals surface area contributed by atoms with Gasteiger partial charge in [0, 0.05) is 25.3 Å². The molecule has 39 heavy (non-hydrogen) atoms. The first-order chi connectivity index (χ1) is 19.2. The van der Waals surface area contributed by atoms with E-state index >= 15 is 0 Å². The molecule has 0 bridgehead atoms. The Bertz CT molecular complexity index is 1790. The van der Waals surface area contributed by atoms with Crippen LogP contribution in [0.1, 0.15) is 29.2 Å². The third kappa shape index (κ3) is 2.93. The van der Waals surface area contributed by atoms with Gasteiger partial charge in [-0.15, -0.1) is 0 Å². The maximum Gasteiger partial charge on any atom is 0.172 e. The van der Waals surface area contributed by atoms with Gasteiger partial charge in [-0.25, -0.2) is 0 Å². The summed E-state index contributed by atoms with van der Waals surface area (Å²) in [6.07, 6.45) is 4.21. The van der Waals surface area contributed by atoms with Crippen molar-refractivity contribution in [1.82, 2.24) is 0 Å². The first-order valence-electron chi connectivity index (χ1n) is 13.5. The van der Waals surface area contributed by atoms with E-state index in [-0.39, 0.29) is 0 Å². The minimum absolute atomic E-state index is 0.396. The molecule has 0 atom stereocenters. The lowest BCUT2D eigenvalue weighted by Gasteiger charge is -2.31. The zero-order valence-corrected chi connectivity index (χ0v) is 21.9. The highest BCUT2D eigenvalue weighted by atomic mass is 16.6. The summed E-state index contributed by atoms with van der Waals surface area (Å²) in [5, 5.41) is 0. The van der Waals surface area contributed by atoms with Crippen molar-refractivity contribution in [3.63, 3.8) is 0 Å². The summed E-state index contributed by atoms with van der Waals surface area (Å²) in [5.74, 6) is 2.98. The predicted molar refractivity (Wildman–Crippen MR) is 157 cm³/mol. The lowest BCUT2D eigenvalue weighted by molar-refractivity contribution is 0.359. The Morgan fingerprint density at radius 1 is 0.590 bits per heavy atom. The molecule has 1 heterocycles. The van der Waals surface area contributed by atoms with Crippen LogP contribution < -0.4 is 14.4 Å². The summed E-state index contributed by atoms with van der Waals surface area (Å²) < 4.78 is 13.1. The van der Waals surface area contributed by atoms with Gasteiger partial charge in [0.05, 0.1) is 5.41 Å². The molecular weight excluding hydrogens is 478 g/mol. The third-order valence-electron chi connectivity index (χ3n) is 8.48. The maximum atomic E-state index is 6.61. The quantitative estimate of drug-likeness (QED) is 0.224. The van der Waals surface area contributed by atoms with Crippen LogP contribution in [0.15, 0.2) is 115 Å². The number of nitrogens with zero attached hydrogens (tertiary/aromatic N) is 1. The van der Waals surface area contributed by atoms with Crippen molar-refractivity contribution in [2.75, 3.05) is 18.5 Å². The Morgan fingerprint density at radius 2 is 1.13 bits per heavy atom. The molecule has 0 saturated heterocycles. The van der Waals surface area contributed by atoms with Gasteiger partial charge in [0.15, 0.2) is 23.0 Å². The first kappa shape index (κ1) is 22.2. The molecule has 0 N–H and O–H groups in total. The number of ether oxygens (including phenoxy) is 2. The molecule has 3 aliphatic rings. The van der Waals surface area contributed by atoms with E-state index in [0.717, 1.165) is 35.2 Å². The summed E-state index contributed by atoms with van der Waals surface area (Å²) >= 11 is 0. The molecule has 0 radical (unpaired) electrons. The fourth-order valence-electron chi connectivity index (χ4n) is 6.76. The largest absolute Gasteiger partial charge is 0.449 e. The molecule has 0 fully saturated rings. The monoisotopic (exact) mass is 505 g/mol. The number of allylic oxidation sites excluding steroid dienone is 1. The molecule has 3 nitrogen and oxygen atoms in total. The van der Waals surface area contributed by atoms with Crippen molar-refractivity contribution in [2.45, 2.75) is 12.3 Å². The second-order valence-electron chi connectivity index (χ2n) is 10.5. The molecule has 0 unspecified atom stereocenters. The molecule has 5 aromatic carbocycles. The Hall–Kier alpha value is -4.76. The van der Waals surface area contributed by atoms with Crippen LogP contribution >= 0.6 is 0 Å². The molecule has 0 amide bonds. The fourth-order valence-corrected chi connectivity index (χ4v) is 6.76. The second-order valence-corrected chi connectivity index (χ2v) is 10.5. The van der Waals surface area contributed by atoms with Crippen molar-refractivity contribution in [2.24, 2.45) is 0 Å². The van der Waals surface area contributed by atoms with Crippen LogP contribution in [0.5, 0.6) is 23.0 Å². The first-order valence-corrected chi connectivity index (χ1v) is 13.5. The van der Waals surface area contributed by atoms with Crippen molar-refractivity contribution in [1.29, 1.82) is 0 Å². The van der Waals surface area contributed by atoms with Crippen molar-refractivity contribution in [3.8, 4) is 45.3 Å². The zero-order valence-electron chi connectivity index (χ0n) is 21.9. The van der Waals surface area contributed by atoms with E-state index in [0.29, 0.717) is 0 Å². The molecule has 3 heteroatoms. The number of rotatable bonds is 3. The topological polar surface area (TPSA) is 21.7 Å². The minimum atomic E-state index is -0.396. The van der Waals surface area contributed by atoms with Gasteiger partial charge >= 0.3 is 0 Å². The van der Waals surface area contributed by atoms with Crippen LogP contribution in [-0.4, -0.2) is 13.6 Å². The summed E-state index contributed by atoms with van der Waals surface area (Å²) in [6.45, 7) is 2.87. The van der Waals surface area contributed by atoms with Crippen LogP contribution in [-0.2, 0) is 5.41 Å². The highest BCUT2D eigenvalue weighted by Gasteiger charge is 2.52. The molecule has 1 aliphatic heterocycles. The minimum Gasteiger partial charge on any atom is -0.449 e. The van der Waals surface area contributed by atoms with Gasteiger partial charge in [-0.05, 0) is 75.7 Å². The lowest BCUT2D eigenvalue weighted by Crippen LogP contribution is -2.25. The van der Waals surface area contributed by atoms with Gasteiger partial charge < -0.3 is 14.4 Å². The van der Waals surface area contributed by atoms with Crippen LogP contribution in [0.3, 0.4) is 0 Å². The molecule has 0 aromatic heterocycles. The van der Waals surface area contributed by atoms with Gasteiger partial charge in [-0.2, -0.15) is 0 Å². The Morgan fingerprint density at radius 3 is 1.77 bits per heavy atom. The summed E-state index contributed by atoms with van der Waals surface area (Å²) in [6, 6.07) is 37.1. The van der Waals surface area contributed by atoms with Gasteiger partial charge in [0.1, 0.15) is 0 Å². The third-order valence-corrected chi connectivity index (χ3v) is 8.48. The standard InChI is InChI=1S/C36H27NO2/c1-3-4-19-37(2)23-17-18-32-33(20-23)39-35-22-31-27(21-34(35)38-32)26-13-7-10-16-30(26)36(31)28-14-8-5-11-24(28)25-12-6-9-15-29(25)36/h3-18,20-22H,19H2,1-2H3/b4-3-. The van der Waals surface area contributed by atoms with Gasteiger partial charge in [0.25, 0.3) is 0 Å². The van der Waals surface area contributed by atoms with Crippen LogP contribution in [0.2, 0.25) is 0 Å². The predicted octanol–water partition coefficient (Wildman–Crippen LogP) is 8.94. The van der Waals surface area contributed by atoms with E-state index in [2.05, 4.69) is 121 Å². The fraction of sp³-hybridized carbons (Fsp3) is 0.111. The Balaban J connectivity index is 1.34. The molecule has 5 aromatic rings. The smallest absolute Gasteiger partial charge is 0.172 e. The van der Waals surface area contributed by atoms with Gasteiger partial charge in [-0.1, -0.05) is 84.9 Å². The molecule has 2 aliphatic carbocycles. The van der Waals surface area contributed by atoms with E-state index in [9.17, 15) is 0 Å². The van der Waals surface area contributed by atoms with Crippen molar-refractivity contribution in [3.05, 3.63) is 138 Å². The normalized spacial score (nSPS) is 14.5. The summed E-state index contributed by atoms with van der Waals surface area (Å²) in [4.78, 5) is 2.19. The Labute approximate surface area is 228 Å². The summed E-state index contributed by atoms with van der Waals surface area (Å²) in [7, 11) is 2.09. The van der Waals surface area contributed by atoms with Crippen LogP contribution in [0, 0.1) is 0 Å². The number of anilines is 1. The summed E-state index contributed by atoms with van der Waals surface area (Å²) in [5.41, 5.74) is 10.9. The number of fused-ring (bicyclic) bond motifs is 12. The lowest BCUT2D eigenvalue weighted by atomic mass is 9.70. The van der Waals surface area contributed by atoms with E-state index in [4.69, 9.17) is 9.47 Å². The van der Waals surface area contributed by atoms with E-state index in [1.165, 1.54) is 44.5 Å². The highest BCUT2D eigenvalue weighted by molar-refractivity contribution is 5.95. The van der Waals surface area contributed by atoms with E-state index < -0.39 is 5.41 Å². The average Bonchev–Trinajstić information content (AvgIpc) is 3.44. The molecule has 8 rings (SSSR count). The van der Waals surface area contributed by atoms with E-state index in [1.54, 1.807) is 0 Å². The average molecular weight is 506 g/mol. The Kier molecular flexibility index (Phi) is 4.63. The highest BCUT2D eigenvalue weighted by Crippen LogP contribution is 2.64. The maximum absolute atomic E-state index is 6.61. The SMILES string of the molecule is C/C=C\CN(C)c1ccc2c(c1)Oc1cc3c(cc1O2)-c1ccccc1C31c2ccccc2-c2ccccc21. The number of hydrogen-bond donors (Lipinski definition) is 0. The van der Waals surface area contributed by atoms with Crippen LogP contribution in [0.4, 0.5) is 5.69 Å². The number of hydrogen-bond acceptors (Lipinski definition) is 3. The molecule has 1 spiro atoms. The zero-order chi connectivity index (χ0) is 26.1. The van der Waals surface area contributed by atoms with Crippen LogP contribution in [0.25, 0.3) is 22.3 Å². The second kappa shape index (κ2) is 8.12. The van der Waals surface area contributed by atoms with E-state index in [1.807, 2.05) is 13.0 Å². The van der Waals surface area contributed by atoms with Gasteiger partial charge in [-0.3, -0.25) is 0 Å².